The van der Waals surface area contributed by atoms with E-state index in [-0.39, 0.29) is 5.97 Å². The highest BCUT2D eigenvalue weighted by atomic mass is 79.9. The zero-order valence-corrected chi connectivity index (χ0v) is 12.1. The molecule has 0 radical (unpaired) electrons. The van der Waals surface area contributed by atoms with Crippen LogP contribution in [0.15, 0.2) is 60.7 Å². The van der Waals surface area contributed by atoms with Crippen LogP contribution in [-0.4, -0.2) is 5.97 Å². The molecule has 0 N–H and O–H groups in total. The van der Waals surface area contributed by atoms with E-state index in [0.717, 1.165) is 15.6 Å². The molecule has 0 atom stereocenters. The lowest BCUT2D eigenvalue weighted by molar-refractivity contribution is -0.134. The first kappa shape index (κ1) is 13.6. The largest absolute Gasteiger partial charge is 0.425 e. The van der Waals surface area contributed by atoms with Crippen LogP contribution in [-0.2, 0) is 9.53 Å². The van der Waals surface area contributed by atoms with E-state index >= 15 is 0 Å². The van der Waals surface area contributed by atoms with E-state index in [1.807, 2.05) is 60.7 Å². The van der Waals surface area contributed by atoms with Crippen molar-refractivity contribution in [2.75, 3.05) is 0 Å². The average molecular weight is 317 g/mol. The second-order valence-corrected chi connectivity index (χ2v) is 4.76. The maximum Gasteiger partial charge on any atom is 0.308 e. The number of rotatable bonds is 3. The van der Waals surface area contributed by atoms with Gasteiger partial charge >= 0.3 is 5.97 Å². The topological polar surface area (TPSA) is 26.3 Å². The van der Waals surface area contributed by atoms with Crippen molar-refractivity contribution in [3.05, 3.63) is 71.8 Å². The SMILES string of the molecule is CC(=O)O/C(=C(/Br)c1ccccc1)c1ccccc1. The third-order valence-electron chi connectivity index (χ3n) is 2.51. The Hall–Kier alpha value is -1.87. The molecule has 3 heteroatoms. The summed E-state index contributed by atoms with van der Waals surface area (Å²) in [7, 11) is 0. The monoisotopic (exact) mass is 316 g/mol. The van der Waals surface area contributed by atoms with Crippen LogP contribution >= 0.6 is 15.9 Å². The molecular weight excluding hydrogens is 304 g/mol. The van der Waals surface area contributed by atoms with E-state index in [4.69, 9.17) is 4.74 Å². The maximum absolute atomic E-state index is 11.3. The fraction of sp³-hybridized carbons (Fsp3) is 0.0625. The highest BCUT2D eigenvalue weighted by molar-refractivity contribution is 9.15. The van der Waals surface area contributed by atoms with Crippen molar-refractivity contribution >= 4 is 32.1 Å². The molecule has 2 aromatic rings. The molecule has 0 aromatic heterocycles. The zero-order chi connectivity index (χ0) is 13.7. The second kappa shape index (κ2) is 6.34. The van der Waals surface area contributed by atoms with E-state index in [0.29, 0.717) is 5.76 Å². The highest BCUT2D eigenvalue weighted by Crippen LogP contribution is 2.32. The van der Waals surface area contributed by atoms with Crippen LogP contribution in [0.25, 0.3) is 10.2 Å². The molecule has 96 valence electrons. The van der Waals surface area contributed by atoms with Gasteiger partial charge in [0.05, 0.1) is 4.48 Å². The predicted octanol–water partition coefficient (Wildman–Crippen LogP) is 4.47. The maximum atomic E-state index is 11.3. The predicted molar refractivity (Wildman–Crippen MR) is 80.4 cm³/mol. The van der Waals surface area contributed by atoms with Crippen molar-refractivity contribution in [1.29, 1.82) is 0 Å². The van der Waals surface area contributed by atoms with Gasteiger partial charge in [0.25, 0.3) is 0 Å². The third kappa shape index (κ3) is 3.55. The summed E-state index contributed by atoms with van der Waals surface area (Å²) in [5.74, 6) is 0.186. The molecule has 0 aliphatic carbocycles. The Morgan fingerprint density at radius 2 is 1.37 bits per heavy atom. The Bertz CT molecular complexity index is 589. The molecule has 2 nitrogen and oxygen atoms in total. The number of benzene rings is 2. The summed E-state index contributed by atoms with van der Waals surface area (Å²) in [4.78, 5) is 11.3. The molecule has 0 amide bonds. The summed E-state index contributed by atoms with van der Waals surface area (Å²) in [6.07, 6.45) is 0. The number of hydrogen-bond acceptors (Lipinski definition) is 2. The third-order valence-corrected chi connectivity index (χ3v) is 3.33. The van der Waals surface area contributed by atoms with Crippen molar-refractivity contribution in [2.24, 2.45) is 0 Å². The lowest BCUT2D eigenvalue weighted by Gasteiger charge is -2.11. The highest BCUT2D eigenvalue weighted by Gasteiger charge is 2.12. The standard InChI is InChI=1S/C16H13BrO2/c1-12(18)19-16(14-10-6-3-7-11-14)15(17)13-8-4-2-5-9-13/h2-11H,1H3/b16-15+. The summed E-state index contributed by atoms with van der Waals surface area (Å²) in [6, 6.07) is 19.3. The number of carbonyl (C=O) groups is 1. The number of ether oxygens (including phenoxy) is 1. The Balaban J connectivity index is 2.51. The minimum Gasteiger partial charge on any atom is -0.425 e. The van der Waals surface area contributed by atoms with Gasteiger partial charge in [0.15, 0.2) is 5.76 Å². The normalized spacial score (nSPS) is 11.7. The Morgan fingerprint density at radius 1 is 0.895 bits per heavy atom. The molecule has 0 spiro atoms. The van der Waals surface area contributed by atoms with Crippen molar-refractivity contribution in [3.8, 4) is 0 Å². The first-order valence-electron chi connectivity index (χ1n) is 5.87. The van der Waals surface area contributed by atoms with Crippen LogP contribution in [0.5, 0.6) is 0 Å². The van der Waals surface area contributed by atoms with Crippen molar-refractivity contribution < 1.29 is 9.53 Å². The van der Waals surface area contributed by atoms with Crippen molar-refractivity contribution in [2.45, 2.75) is 6.92 Å². The molecule has 0 saturated carbocycles. The van der Waals surface area contributed by atoms with Gasteiger partial charge in [-0.15, -0.1) is 0 Å². The molecule has 2 aromatic carbocycles. The lowest BCUT2D eigenvalue weighted by atomic mass is 10.1. The second-order valence-electron chi connectivity index (χ2n) is 3.97. The van der Waals surface area contributed by atoms with Crippen molar-refractivity contribution in [3.63, 3.8) is 0 Å². The summed E-state index contributed by atoms with van der Waals surface area (Å²) in [5, 5.41) is 0. The Morgan fingerprint density at radius 3 is 1.84 bits per heavy atom. The van der Waals surface area contributed by atoms with Crippen molar-refractivity contribution in [1.82, 2.24) is 0 Å². The summed E-state index contributed by atoms with van der Waals surface area (Å²) in [6.45, 7) is 1.40. The first-order chi connectivity index (χ1) is 9.18. The molecule has 19 heavy (non-hydrogen) atoms. The molecule has 0 saturated heterocycles. The molecule has 0 heterocycles. The number of esters is 1. The van der Waals surface area contributed by atoms with E-state index in [1.165, 1.54) is 6.92 Å². The van der Waals surface area contributed by atoms with E-state index in [1.54, 1.807) is 0 Å². The summed E-state index contributed by atoms with van der Waals surface area (Å²) >= 11 is 3.52. The van der Waals surface area contributed by atoms with Gasteiger partial charge in [0.1, 0.15) is 0 Å². The number of halogens is 1. The van der Waals surface area contributed by atoms with Crippen LogP contribution in [0.1, 0.15) is 18.1 Å². The minimum absolute atomic E-state index is 0.341. The van der Waals surface area contributed by atoms with E-state index in [2.05, 4.69) is 15.9 Å². The van der Waals surface area contributed by atoms with Crippen LogP contribution in [0.4, 0.5) is 0 Å². The first-order valence-corrected chi connectivity index (χ1v) is 6.67. The molecule has 0 bridgehead atoms. The summed E-state index contributed by atoms with van der Waals surface area (Å²) in [5.41, 5.74) is 1.82. The fourth-order valence-corrected chi connectivity index (χ4v) is 2.25. The fourth-order valence-electron chi connectivity index (χ4n) is 1.68. The van der Waals surface area contributed by atoms with Crippen LogP contribution < -0.4 is 0 Å². The van der Waals surface area contributed by atoms with E-state index in [9.17, 15) is 4.79 Å². The van der Waals surface area contributed by atoms with Gasteiger partial charge in [-0.3, -0.25) is 4.79 Å². The summed E-state index contributed by atoms with van der Waals surface area (Å²) < 4.78 is 6.11. The van der Waals surface area contributed by atoms with Gasteiger partial charge in [-0.1, -0.05) is 60.7 Å². The quantitative estimate of drug-likeness (QED) is 0.474. The zero-order valence-electron chi connectivity index (χ0n) is 10.5. The molecule has 0 fully saturated rings. The average Bonchev–Trinajstić information content (AvgIpc) is 2.46. The van der Waals surface area contributed by atoms with E-state index < -0.39 is 0 Å². The van der Waals surface area contributed by atoms with Crippen LogP contribution in [0, 0.1) is 0 Å². The molecular formula is C16H13BrO2. The van der Waals surface area contributed by atoms with Gasteiger partial charge < -0.3 is 4.74 Å². The van der Waals surface area contributed by atoms with Crippen LogP contribution in [0.2, 0.25) is 0 Å². The van der Waals surface area contributed by atoms with Gasteiger partial charge in [-0.2, -0.15) is 0 Å². The van der Waals surface area contributed by atoms with Crippen LogP contribution in [0.3, 0.4) is 0 Å². The molecule has 0 unspecified atom stereocenters. The Kier molecular flexibility index (Phi) is 4.53. The van der Waals surface area contributed by atoms with Gasteiger partial charge in [0.2, 0.25) is 0 Å². The Labute approximate surface area is 120 Å². The van der Waals surface area contributed by atoms with Gasteiger partial charge in [-0.25, -0.2) is 0 Å². The molecule has 0 aliphatic heterocycles. The smallest absolute Gasteiger partial charge is 0.308 e. The number of carbonyl (C=O) groups excluding carboxylic acids is 1. The lowest BCUT2D eigenvalue weighted by Crippen LogP contribution is -2.00. The molecule has 0 aliphatic rings. The molecule has 2 rings (SSSR count). The van der Waals surface area contributed by atoms with Gasteiger partial charge in [0, 0.05) is 12.5 Å². The number of hydrogen-bond donors (Lipinski definition) is 0. The minimum atomic E-state index is -0.341. The van der Waals surface area contributed by atoms with Gasteiger partial charge in [-0.05, 0) is 21.5 Å².